The number of nitrogens with one attached hydrogen (secondary N) is 1. The van der Waals surface area contributed by atoms with Gasteiger partial charge in [0.25, 0.3) is 0 Å². The lowest BCUT2D eigenvalue weighted by Crippen LogP contribution is -2.41. The third-order valence-corrected chi connectivity index (χ3v) is 3.87. The van der Waals surface area contributed by atoms with Gasteiger partial charge < -0.3 is 15.0 Å². The molecule has 1 fully saturated rings. The summed E-state index contributed by atoms with van der Waals surface area (Å²) in [5, 5.41) is 3.21. The molecule has 1 aliphatic rings. The van der Waals surface area contributed by atoms with Gasteiger partial charge in [0.1, 0.15) is 6.04 Å². The third kappa shape index (κ3) is 6.39. The van der Waals surface area contributed by atoms with Crippen LogP contribution in [0.25, 0.3) is 0 Å². The van der Waals surface area contributed by atoms with Gasteiger partial charge in [0, 0.05) is 6.54 Å². The van der Waals surface area contributed by atoms with E-state index in [9.17, 15) is 4.79 Å². The average molecular weight is 270 g/mol. The number of ether oxygens (including phenoxy) is 1. The SMILES string of the molecule is CCNC(CCN(C)CC1CCCC1)C(=O)OCC. The van der Waals surface area contributed by atoms with Gasteiger partial charge in [0.05, 0.1) is 6.61 Å². The summed E-state index contributed by atoms with van der Waals surface area (Å²) < 4.78 is 5.10. The maximum atomic E-state index is 11.8. The molecular weight excluding hydrogens is 240 g/mol. The number of rotatable bonds is 9. The second kappa shape index (κ2) is 9.32. The number of likely N-dealkylation sites (N-methyl/N-ethyl adjacent to an activating group) is 1. The topological polar surface area (TPSA) is 41.6 Å². The zero-order valence-electron chi connectivity index (χ0n) is 12.8. The number of carbonyl (C=O) groups is 1. The molecule has 0 aromatic heterocycles. The highest BCUT2D eigenvalue weighted by Gasteiger charge is 2.20. The summed E-state index contributed by atoms with van der Waals surface area (Å²) in [4.78, 5) is 14.1. The van der Waals surface area contributed by atoms with Crippen LogP contribution in [0.3, 0.4) is 0 Å². The van der Waals surface area contributed by atoms with Gasteiger partial charge in [0.2, 0.25) is 0 Å². The van der Waals surface area contributed by atoms with Crippen molar-refractivity contribution in [2.45, 2.75) is 52.0 Å². The molecule has 0 aliphatic heterocycles. The number of nitrogens with zero attached hydrogens (tertiary/aromatic N) is 1. The summed E-state index contributed by atoms with van der Waals surface area (Å²) in [5.74, 6) is 0.754. The zero-order valence-corrected chi connectivity index (χ0v) is 12.8. The second-order valence-corrected chi connectivity index (χ2v) is 5.56. The van der Waals surface area contributed by atoms with Crippen LogP contribution in [0.4, 0.5) is 0 Å². The Kier molecular flexibility index (Phi) is 8.07. The summed E-state index contributed by atoms with van der Waals surface area (Å²) in [6.07, 6.45) is 6.36. The number of carbonyl (C=O) groups excluding carboxylic acids is 1. The Morgan fingerprint density at radius 3 is 2.63 bits per heavy atom. The van der Waals surface area contributed by atoms with Crippen LogP contribution in [0.5, 0.6) is 0 Å². The molecule has 4 heteroatoms. The number of hydrogen-bond donors (Lipinski definition) is 1. The largest absolute Gasteiger partial charge is 0.465 e. The Morgan fingerprint density at radius 2 is 2.05 bits per heavy atom. The molecule has 1 unspecified atom stereocenters. The van der Waals surface area contributed by atoms with E-state index in [0.29, 0.717) is 6.61 Å². The van der Waals surface area contributed by atoms with Gasteiger partial charge in [-0.3, -0.25) is 4.79 Å². The first-order valence-electron chi connectivity index (χ1n) is 7.75. The van der Waals surface area contributed by atoms with E-state index in [1.54, 1.807) is 0 Å². The van der Waals surface area contributed by atoms with Crippen LogP contribution >= 0.6 is 0 Å². The highest BCUT2D eigenvalue weighted by molar-refractivity contribution is 5.75. The highest BCUT2D eigenvalue weighted by Crippen LogP contribution is 2.25. The van der Waals surface area contributed by atoms with Gasteiger partial charge in [-0.05, 0) is 52.2 Å². The minimum absolute atomic E-state index is 0.112. The molecule has 1 N–H and O–H groups in total. The molecule has 0 heterocycles. The van der Waals surface area contributed by atoms with Crippen molar-refractivity contribution in [3.63, 3.8) is 0 Å². The lowest BCUT2D eigenvalue weighted by Gasteiger charge is -2.23. The molecule has 1 aliphatic carbocycles. The fraction of sp³-hybridized carbons (Fsp3) is 0.933. The fourth-order valence-electron chi connectivity index (χ4n) is 2.87. The molecule has 0 amide bonds. The van der Waals surface area contributed by atoms with E-state index >= 15 is 0 Å². The molecule has 0 bridgehead atoms. The standard InChI is InChI=1S/C15H30N2O2/c1-4-16-14(15(18)19-5-2)10-11-17(3)12-13-8-6-7-9-13/h13-14,16H,4-12H2,1-3H3. The van der Waals surface area contributed by atoms with Crippen LogP contribution < -0.4 is 5.32 Å². The van der Waals surface area contributed by atoms with Crippen LogP contribution in [0.1, 0.15) is 46.0 Å². The quantitative estimate of drug-likeness (QED) is 0.651. The number of esters is 1. The minimum atomic E-state index is -0.157. The van der Waals surface area contributed by atoms with Crippen molar-refractivity contribution in [3.8, 4) is 0 Å². The molecule has 0 aromatic carbocycles. The predicted octanol–water partition coefficient (Wildman–Crippen LogP) is 2.04. The molecule has 1 atom stereocenters. The van der Waals surface area contributed by atoms with E-state index in [1.807, 2.05) is 13.8 Å². The smallest absolute Gasteiger partial charge is 0.323 e. The summed E-state index contributed by atoms with van der Waals surface area (Å²) >= 11 is 0. The monoisotopic (exact) mass is 270 g/mol. The summed E-state index contributed by atoms with van der Waals surface area (Å²) in [6, 6.07) is -0.157. The first-order chi connectivity index (χ1) is 9.17. The van der Waals surface area contributed by atoms with E-state index in [0.717, 1.165) is 25.4 Å². The molecule has 1 saturated carbocycles. The Hall–Kier alpha value is -0.610. The van der Waals surface area contributed by atoms with Crippen molar-refractivity contribution < 1.29 is 9.53 Å². The molecule has 1 rings (SSSR count). The summed E-state index contributed by atoms with van der Waals surface area (Å²) in [7, 11) is 2.16. The minimum Gasteiger partial charge on any atom is -0.465 e. The fourth-order valence-corrected chi connectivity index (χ4v) is 2.87. The van der Waals surface area contributed by atoms with Gasteiger partial charge >= 0.3 is 5.97 Å². The first-order valence-corrected chi connectivity index (χ1v) is 7.75. The van der Waals surface area contributed by atoms with Crippen LogP contribution in [0.15, 0.2) is 0 Å². The van der Waals surface area contributed by atoms with Crippen LogP contribution in [0, 0.1) is 5.92 Å². The molecule has 0 radical (unpaired) electrons. The number of hydrogen-bond acceptors (Lipinski definition) is 4. The molecule has 0 aromatic rings. The van der Waals surface area contributed by atoms with Crippen LogP contribution in [-0.2, 0) is 9.53 Å². The zero-order chi connectivity index (χ0) is 14.1. The molecular formula is C15H30N2O2. The first kappa shape index (κ1) is 16.4. The van der Waals surface area contributed by atoms with Gasteiger partial charge in [-0.25, -0.2) is 0 Å². The lowest BCUT2D eigenvalue weighted by atomic mass is 10.1. The van der Waals surface area contributed by atoms with Crippen molar-refractivity contribution in [2.75, 3.05) is 33.3 Å². The highest BCUT2D eigenvalue weighted by atomic mass is 16.5. The van der Waals surface area contributed by atoms with Crippen LogP contribution in [-0.4, -0.2) is 50.2 Å². The normalized spacial score (nSPS) is 17.9. The van der Waals surface area contributed by atoms with E-state index in [2.05, 4.69) is 17.3 Å². The molecule has 4 nitrogen and oxygen atoms in total. The lowest BCUT2D eigenvalue weighted by molar-refractivity contribution is -0.145. The van der Waals surface area contributed by atoms with Gasteiger partial charge in [-0.2, -0.15) is 0 Å². The Labute approximate surface area is 117 Å². The molecule has 112 valence electrons. The molecule has 19 heavy (non-hydrogen) atoms. The van der Waals surface area contributed by atoms with E-state index in [1.165, 1.54) is 32.2 Å². The van der Waals surface area contributed by atoms with Crippen LogP contribution in [0.2, 0.25) is 0 Å². The molecule has 0 saturated heterocycles. The van der Waals surface area contributed by atoms with Crippen molar-refractivity contribution in [1.29, 1.82) is 0 Å². The van der Waals surface area contributed by atoms with E-state index in [4.69, 9.17) is 4.74 Å². The Morgan fingerprint density at radius 1 is 1.37 bits per heavy atom. The third-order valence-electron chi connectivity index (χ3n) is 3.87. The average Bonchev–Trinajstić information content (AvgIpc) is 2.87. The van der Waals surface area contributed by atoms with Crippen molar-refractivity contribution >= 4 is 5.97 Å². The Balaban J connectivity index is 2.26. The van der Waals surface area contributed by atoms with Gasteiger partial charge in [-0.1, -0.05) is 19.8 Å². The summed E-state index contributed by atoms with van der Waals surface area (Å²) in [6.45, 7) is 7.25. The van der Waals surface area contributed by atoms with Crippen molar-refractivity contribution in [2.24, 2.45) is 5.92 Å². The van der Waals surface area contributed by atoms with E-state index in [-0.39, 0.29) is 12.0 Å². The van der Waals surface area contributed by atoms with Crippen molar-refractivity contribution in [1.82, 2.24) is 10.2 Å². The van der Waals surface area contributed by atoms with Gasteiger partial charge in [-0.15, -0.1) is 0 Å². The predicted molar refractivity (Wildman–Crippen MR) is 78.2 cm³/mol. The summed E-state index contributed by atoms with van der Waals surface area (Å²) in [5.41, 5.74) is 0. The van der Waals surface area contributed by atoms with Gasteiger partial charge in [0.15, 0.2) is 0 Å². The maximum absolute atomic E-state index is 11.8. The van der Waals surface area contributed by atoms with Crippen molar-refractivity contribution in [3.05, 3.63) is 0 Å². The maximum Gasteiger partial charge on any atom is 0.323 e. The van der Waals surface area contributed by atoms with E-state index < -0.39 is 0 Å². The second-order valence-electron chi connectivity index (χ2n) is 5.56. The Bertz CT molecular complexity index is 253. The molecule has 0 spiro atoms.